The van der Waals surface area contributed by atoms with Crippen molar-refractivity contribution in [1.82, 2.24) is 20.5 Å². The molecule has 0 radical (unpaired) electrons. The monoisotopic (exact) mass is 271 g/mol. The zero-order valence-corrected chi connectivity index (χ0v) is 10.6. The zero-order valence-electron chi connectivity index (χ0n) is 10.6. The highest BCUT2D eigenvalue weighted by Gasteiger charge is 2.12. The summed E-state index contributed by atoms with van der Waals surface area (Å²) in [7, 11) is 0. The fourth-order valence-corrected chi connectivity index (χ4v) is 1.91. The molecule has 0 fully saturated rings. The highest BCUT2D eigenvalue weighted by molar-refractivity contribution is 5.96. The summed E-state index contributed by atoms with van der Waals surface area (Å²) >= 11 is 0. The minimum absolute atomic E-state index is 0.265. The van der Waals surface area contributed by atoms with Crippen LogP contribution in [0.3, 0.4) is 0 Å². The second-order valence-corrected chi connectivity index (χ2v) is 4.35. The van der Waals surface area contributed by atoms with Gasteiger partial charge in [-0.15, -0.1) is 0 Å². The smallest absolute Gasteiger partial charge is 0.287 e. The molecular formula is C13H13N5O2. The predicted molar refractivity (Wildman–Crippen MR) is 73.0 cm³/mol. The average molecular weight is 271 g/mol. The number of fused-ring (bicyclic) bond motifs is 1. The quantitative estimate of drug-likeness (QED) is 0.615. The Morgan fingerprint density at radius 3 is 3.10 bits per heavy atom. The van der Waals surface area contributed by atoms with E-state index >= 15 is 0 Å². The van der Waals surface area contributed by atoms with Gasteiger partial charge < -0.3 is 15.5 Å². The summed E-state index contributed by atoms with van der Waals surface area (Å²) < 4.78 is 5.47. The number of carbonyl (C=O) groups excluding carboxylic acids is 1. The van der Waals surface area contributed by atoms with E-state index in [-0.39, 0.29) is 11.7 Å². The van der Waals surface area contributed by atoms with E-state index in [1.165, 1.54) is 6.33 Å². The fraction of sp³-hybridized carbons (Fsp3) is 0.154. The highest BCUT2D eigenvalue weighted by atomic mass is 16.3. The molecule has 3 rings (SSSR count). The van der Waals surface area contributed by atoms with Crippen molar-refractivity contribution in [2.45, 2.75) is 6.42 Å². The molecule has 0 aliphatic heterocycles. The molecular weight excluding hydrogens is 258 g/mol. The van der Waals surface area contributed by atoms with Crippen LogP contribution in [-0.2, 0) is 6.42 Å². The summed E-state index contributed by atoms with van der Waals surface area (Å²) in [5.41, 5.74) is 6.96. The number of anilines is 1. The number of nitrogen functional groups attached to an aromatic ring is 1. The van der Waals surface area contributed by atoms with Crippen molar-refractivity contribution in [3.63, 3.8) is 0 Å². The van der Waals surface area contributed by atoms with Crippen LogP contribution in [0.25, 0.3) is 11.0 Å². The van der Waals surface area contributed by atoms with Gasteiger partial charge in [0.1, 0.15) is 17.7 Å². The van der Waals surface area contributed by atoms with Gasteiger partial charge >= 0.3 is 0 Å². The first-order valence-corrected chi connectivity index (χ1v) is 6.14. The number of aromatic nitrogens is 3. The number of hydrogen-bond acceptors (Lipinski definition) is 5. The third kappa shape index (κ3) is 2.46. The molecule has 2 aromatic heterocycles. The molecule has 0 aliphatic rings. The summed E-state index contributed by atoms with van der Waals surface area (Å²) in [5.74, 6) is 0.727. The molecule has 102 valence electrons. The van der Waals surface area contributed by atoms with Crippen molar-refractivity contribution in [3.05, 3.63) is 42.2 Å². The molecule has 0 saturated heterocycles. The predicted octanol–water partition coefficient (Wildman–Crippen LogP) is 1.11. The van der Waals surface area contributed by atoms with Crippen LogP contribution in [0.4, 0.5) is 5.69 Å². The molecule has 0 atom stereocenters. The third-order valence-corrected chi connectivity index (χ3v) is 2.88. The molecule has 7 heteroatoms. The Morgan fingerprint density at radius 2 is 2.30 bits per heavy atom. The Morgan fingerprint density at radius 1 is 1.40 bits per heavy atom. The van der Waals surface area contributed by atoms with Crippen molar-refractivity contribution in [2.24, 2.45) is 0 Å². The average Bonchev–Trinajstić information content (AvgIpc) is 3.06. The molecule has 7 nitrogen and oxygen atoms in total. The van der Waals surface area contributed by atoms with Crippen LogP contribution in [-0.4, -0.2) is 27.6 Å². The van der Waals surface area contributed by atoms with E-state index in [2.05, 4.69) is 20.5 Å². The van der Waals surface area contributed by atoms with Crippen LogP contribution in [0.5, 0.6) is 0 Å². The summed E-state index contributed by atoms with van der Waals surface area (Å²) in [4.78, 5) is 15.9. The minimum Gasteiger partial charge on any atom is -0.451 e. The van der Waals surface area contributed by atoms with Crippen LogP contribution in [0.2, 0.25) is 0 Å². The van der Waals surface area contributed by atoms with Gasteiger partial charge in [0.15, 0.2) is 5.76 Å². The number of nitrogens with two attached hydrogens (primary N) is 1. The third-order valence-electron chi connectivity index (χ3n) is 2.88. The second-order valence-electron chi connectivity index (χ2n) is 4.35. The standard InChI is InChI=1S/C13H13N5O2/c14-9-1-2-10-8(5-9)6-11(20-10)13(19)15-4-3-12-16-7-17-18-12/h1-2,5-7H,3-4,14H2,(H,15,19)(H,16,17,18). The van der Waals surface area contributed by atoms with E-state index < -0.39 is 0 Å². The van der Waals surface area contributed by atoms with E-state index in [9.17, 15) is 4.79 Å². The molecule has 0 aliphatic carbocycles. The number of aromatic amines is 1. The lowest BCUT2D eigenvalue weighted by atomic mass is 10.2. The minimum atomic E-state index is -0.265. The second kappa shape index (κ2) is 5.04. The van der Waals surface area contributed by atoms with E-state index in [1.807, 2.05) is 0 Å². The molecule has 1 amide bonds. The van der Waals surface area contributed by atoms with Gasteiger partial charge in [-0.1, -0.05) is 0 Å². The number of nitrogens with zero attached hydrogens (tertiary/aromatic N) is 2. The maximum absolute atomic E-state index is 11.9. The highest BCUT2D eigenvalue weighted by Crippen LogP contribution is 2.21. The lowest BCUT2D eigenvalue weighted by Crippen LogP contribution is -2.25. The first-order valence-electron chi connectivity index (χ1n) is 6.14. The number of benzene rings is 1. The van der Waals surface area contributed by atoms with Crippen molar-refractivity contribution >= 4 is 22.6 Å². The first-order chi connectivity index (χ1) is 9.72. The van der Waals surface area contributed by atoms with Crippen LogP contribution in [0.15, 0.2) is 35.0 Å². The van der Waals surface area contributed by atoms with Crippen molar-refractivity contribution in [2.75, 3.05) is 12.3 Å². The summed E-state index contributed by atoms with van der Waals surface area (Å²) in [5, 5.41) is 10.0. The lowest BCUT2D eigenvalue weighted by molar-refractivity contribution is 0.0928. The molecule has 0 saturated carbocycles. The number of furan rings is 1. The Bertz CT molecular complexity index is 732. The summed E-state index contributed by atoms with van der Waals surface area (Å²) in [6.07, 6.45) is 2.01. The lowest BCUT2D eigenvalue weighted by Gasteiger charge is -2.00. The van der Waals surface area contributed by atoms with Crippen molar-refractivity contribution in [3.8, 4) is 0 Å². The van der Waals surface area contributed by atoms with Gasteiger partial charge in [-0.05, 0) is 24.3 Å². The number of rotatable bonds is 4. The van der Waals surface area contributed by atoms with Gasteiger partial charge in [-0.2, -0.15) is 5.10 Å². The molecule has 1 aromatic carbocycles. The fourth-order valence-electron chi connectivity index (χ4n) is 1.91. The Labute approximate surface area is 114 Å². The maximum atomic E-state index is 11.9. The maximum Gasteiger partial charge on any atom is 0.287 e. The molecule has 4 N–H and O–H groups in total. The number of nitrogens with one attached hydrogen (secondary N) is 2. The Hall–Kier alpha value is -2.83. The largest absolute Gasteiger partial charge is 0.451 e. The van der Waals surface area contributed by atoms with Gasteiger partial charge in [0, 0.05) is 24.0 Å². The van der Waals surface area contributed by atoms with Crippen molar-refractivity contribution < 1.29 is 9.21 Å². The van der Waals surface area contributed by atoms with Gasteiger partial charge in [-0.25, -0.2) is 4.98 Å². The molecule has 0 spiro atoms. The molecule has 0 unspecified atom stereocenters. The van der Waals surface area contributed by atoms with Gasteiger partial charge in [0.2, 0.25) is 0 Å². The van der Waals surface area contributed by atoms with E-state index in [0.717, 1.165) is 11.2 Å². The number of hydrogen-bond donors (Lipinski definition) is 3. The Kier molecular flexibility index (Phi) is 3.08. The van der Waals surface area contributed by atoms with Crippen LogP contribution in [0, 0.1) is 0 Å². The van der Waals surface area contributed by atoms with Gasteiger partial charge in [0.05, 0.1) is 0 Å². The number of amides is 1. The summed E-state index contributed by atoms with van der Waals surface area (Å²) in [6.45, 7) is 0.452. The summed E-state index contributed by atoms with van der Waals surface area (Å²) in [6, 6.07) is 6.92. The number of H-pyrrole nitrogens is 1. The topological polar surface area (TPSA) is 110 Å². The van der Waals surface area contributed by atoms with Gasteiger partial charge in [-0.3, -0.25) is 9.89 Å². The van der Waals surface area contributed by atoms with Crippen LogP contribution in [0.1, 0.15) is 16.4 Å². The molecule has 0 bridgehead atoms. The molecule has 3 aromatic rings. The van der Waals surface area contributed by atoms with Crippen molar-refractivity contribution in [1.29, 1.82) is 0 Å². The first kappa shape index (κ1) is 12.2. The molecule has 2 heterocycles. The Balaban J connectivity index is 1.66. The van der Waals surface area contributed by atoms with Crippen LogP contribution >= 0.6 is 0 Å². The number of carbonyl (C=O) groups is 1. The van der Waals surface area contributed by atoms with Crippen LogP contribution < -0.4 is 11.1 Å². The zero-order chi connectivity index (χ0) is 13.9. The van der Waals surface area contributed by atoms with E-state index in [0.29, 0.717) is 24.2 Å². The van der Waals surface area contributed by atoms with E-state index in [4.69, 9.17) is 10.2 Å². The SMILES string of the molecule is Nc1ccc2oc(C(=O)NCCc3ncn[nH]3)cc2c1. The normalized spacial score (nSPS) is 10.8. The van der Waals surface area contributed by atoms with Gasteiger partial charge in [0.25, 0.3) is 5.91 Å². The van der Waals surface area contributed by atoms with E-state index in [1.54, 1.807) is 24.3 Å². The molecule has 20 heavy (non-hydrogen) atoms.